The molecular formula is C20H29N3O3. The number of carbonyl (C=O) groups excluding carboxylic acids is 1. The number of likely N-dealkylation sites (tertiary alicyclic amines) is 1. The highest BCUT2D eigenvalue weighted by Gasteiger charge is 2.27. The van der Waals surface area contributed by atoms with Crippen molar-refractivity contribution >= 4 is 23.3 Å². The molecule has 1 aromatic carbocycles. The number of benzene rings is 1. The highest BCUT2D eigenvalue weighted by molar-refractivity contribution is 5.97. The summed E-state index contributed by atoms with van der Waals surface area (Å²) in [5.41, 5.74) is 1.73. The van der Waals surface area contributed by atoms with Gasteiger partial charge in [-0.2, -0.15) is 0 Å². The molecule has 0 aliphatic carbocycles. The molecule has 142 valence electrons. The lowest BCUT2D eigenvalue weighted by Gasteiger charge is -2.41. The Morgan fingerprint density at radius 2 is 1.81 bits per heavy atom. The standard InChI is InChI=1S/C20H29N3O3/c1-2-19(24)21-17-14-15(20(25)26)6-7-18(17)23-12-8-16(9-13-23)22-10-4-3-5-11-22/h6-7,14,16H,2-5,8-13H2,1H3,(H,21,24)(H,25,26). The van der Waals surface area contributed by atoms with E-state index in [0.29, 0.717) is 18.2 Å². The van der Waals surface area contributed by atoms with E-state index < -0.39 is 5.97 Å². The summed E-state index contributed by atoms with van der Waals surface area (Å²) in [5.74, 6) is -1.08. The molecule has 3 rings (SSSR count). The van der Waals surface area contributed by atoms with E-state index in [0.717, 1.165) is 31.6 Å². The zero-order chi connectivity index (χ0) is 18.5. The van der Waals surface area contributed by atoms with Crippen LogP contribution in [0.15, 0.2) is 18.2 Å². The van der Waals surface area contributed by atoms with E-state index in [1.807, 2.05) is 6.07 Å². The predicted octanol–water partition coefficient (Wildman–Crippen LogP) is 3.19. The van der Waals surface area contributed by atoms with Crippen molar-refractivity contribution in [2.75, 3.05) is 36.4 Å². The van der Waals surface area contributed by atoms with Crippen molar-refractivity contribution in [3.8, 4) is 0 Å². The largest absolute Gasteiger partial charge is 0.478 e. The molecule has 26 heavy (non-hydrogen) atoms. The Kier molecular flexibility index (Phi) is 6.14. The molecule has 0 atom stereocenters. The van der Waals surface area contributed by atoms with Gasteiger partial charge in [0.15, 0.2) is 0 Å². The third-order valence-electron chi connectivity index (χ3n) is 5.55. The highest BCUT2D eigenvalue weighted by atomic mass is 16.4. The van der Waals surface area contributed by atoms with Crippen molar-refractivity contribution in [1.82, 2.24) is 4.90 Å². The number of anilines is 2. The first-order valence-electron chi connectivity index (χ1n) is 9.74. The van der Waals surface area contributed by atoms with Crippen LogP contribution in [0.25, 0.3) is 0 Å². The molecule has 6 heteroatoms. The third-order valence-corrected chi connectivity index (χ3v) is 5.55. The zero-order valence-corrected chi connectivity index (χ0v) is 15.5. The molecule has 2 fully saturated rings. The first-order chi connectivity index (χ1) is 12.6. The van der Waals surface area contributed by atoms with E-state index in [2.05, 4.69) is 15.1 Å². The maximum absolute atomic E-state index is 11.9. The molecule has 2 aliphatic heterocycles. The van der Waals surface area contributed by atoms with Crippen LogP contribution >= 0.6 is 0 Å². The number of aromatic carboxylic acids is 1. The number of nitrogens with zero attached hydrogens (tertiary/aromatic N) is 2. The molecule has 0 bridgehead atoms. The van der Waals surface area contributed by atoms with Crippen LogP contribution < -0.4 is 10.2 Å². The van der Waals surface area contributed by atoms with Crippen molar-refractivity contribution in [2.24, 2.45) is 0 Å². The molecule has 0 unspecified atom stereocenters. The average molecular weight is 359 g/mol. The number of hydrogen-bond donors (Lipinski definition) is 2. The van der Waals surface area contributed by atoms with Gasteiger partial charge in [0, 0.05) is 25.6 Å². The number of carboxylic acid groups (broad SMARTS) is 1. The maximum Gasteiger partial charge on any atom is 0.335 e. The van der Waals surface area contributed by atoms with Crippen molar-refractivity contribution in [3.05, 3.63) is 23.8 Å². The van der Waals surface area contributed by atoms with Gasteiger partial charge in [0.2, 0.25) is 5.91 Å². The van der Waals surface area contributed by atoms with Crippen LogP contribution in [0, 0.1) is 0 Å². The van der Waals surface area contributed by atoms with E-state index in [-0.39, 0.29) is 11.5 Å². The van der Waals surface area contributed by atoms with Gasteiger partial charge in [-0.25, -0.2) is 4.79 Å². The summed E-state index contributed by atoms with van der Waals surface area (Å²) in [6.07, 6.45) is 6.57. The SMILES string of the molecule is CCC(=O)Nc1cc(C(=O)O)ccc1N1CCC(N2CCCCC2)CC1. The fraction of sp³-hybridized carbons (Fsp3) is 0.600. The summed E-state index contributed by atoms with van der Waals surface area (Å²) in [6.45, 7) is 6.09. The quantitative estimate of drug-likeness (QED) is 0.845. The second-order valence-corrected chi connectivity index (χ2v) is 7.25. The Morgan fingerprint density at radius 3 is 2.42 bits per heavy atom. The second kappa shape index (κ2) is 8.54. The van der Waals surface area contributed by atoms with Crippen LogP contribution in [0.4, 0.5) is 11.4 Å². The van der Waals surface area contributed by atoms with Gasteiger partial charge in [0.05, 0.1) is 16.9 Å². The van der Waals surface area contributed by atoms with Gasteiger partial charge in [0.25, 0.3) is 0 Å². The Labute approximate surface area is 155 Å². The molecule has 2 heterocycles. The molecule has 0 aromatic heterocycles. The Hall–Kier alpha value is -2.08. The number of rotatable bonds is 5. The number of amides is 1. The van der Waals surface area contributed by atoms with E-state index in [4.69, 9.17) is 0 Å². The predicted molar refractivity (Wildman–Crippen MR) is 103 cm³/mol. The smallest absolute Gasteiger partial charge is 0.335 e. The van der Waals surface area contributed by atoms with Crippen LogP contribution in [0.5, 0.6) is 0 Å². The van der Waals surface area contributed by atoms with Gasteiger partial charge in [0.1, 0.15) is 0 Å². The van der Waals surface area contributed by atoms with Crippen LogP contribution in [-0.2, 0) is 4.79 Å². The Bertz CT molecular complexity index is 648. The van der Waals surface area contributed by atoms with Crippen molar-refractivity contribution in [1.29, 1.82) is 0 Å². The van der Waals surface area contributed by atoms with Crippen LogP contribution in [0.2, 0.25) is 0 Å². The summed E-state index contributed by atoms with van der Waals surface area (Å²) in [7, 11) is 0. The van der Waals surface area contributed by atoms with Crippen molar-refractivity contribution in [3.63, 3.8) is 0 Å². The molecule has 0 saturated carbocycles. The normalized spacial score (nSPS) is 19.3. The molecule has 2 saturated heterocycles. The van der Waals surface area contributed by atoms with Gasteiger partial charge in [-0.3, -0.25) is 4.79 Å². The van der Waals surface area contributed by atoms with E-state index in [9.17, 15) is 14.7 Å². The number of carbonyl (C=O) groups is 2. The van der Waals surface area contributed by atoms with Crippen molar-refractivity contribution in [2.45, 2.75) is 51.5 Å². The fourth-order valence-electron chi connectivity index (χ4n) is 4.04. The molecule has 0 radical (unpaired) electrons. The summed E-state index contributed by atoms with van der Waals surface area (Å²) in [4.78, 5) is 28.1. The van der Waals surface area contributed by atoms with E-state index in [1.165, 1.54) is 32.4 Å². The van der Waals surface area contributed by atoms with Crippen LogP contribution in [-0.4, -0.2) is 54.1 Å². The highest BCUT2D eigenvalue weighted by Crippen LogP contribution is 2.31. The van der Waals surface area contributed by atoms with E-state index >= 15 is 0 Å². The molecule has 2 aliphatic rings. The minimum absolute atomic E-state index is 0.100. The van der Waals surface area contributed by atoms with Gasteiger partial charge in [-0.1, -0.05) is 13.3 Å². The van der Waals surface area contributed by atoms with Gasteiger partial charge >= 0.3 is 5.97 Å². The first kappa shape index (κ1) is 18.7. The lowest BCUT2D eigenvalue weighted by atomic mass is 9.99. The Morgan fingerprint density at radius 1 is 1.12 bits per heavy atom. The van der Waals surface area contributed by atoms with E-state index in [1.54, 1.807) is 19.1 Å². The molecule has 0 spiro atoms. The lowest BCUT2D eigenvalue weighted by Crippen LogP contribution is -2.46. The number of nitrogens with one attached hydrogen (secondary N) is 1. The molecule has 1 aromatic rings. The third kappa shape index (κ3) is 4.36. The molecule has 2 N–H and O–H groups in total. The molecule has 6 nitrogen and oxygen atoms in total. The number of carboxylic acids is 1. The maximum atomic E-state index is 11.9. The molecular weight excluding hydrogens is 330 g/mol. The second-order valence-electron chi connectivity index (χ2n) is 7.25. The van der Waals surface area contributed by atoms with Crippen LogP contribution in [0.1, 0.15) is 55.8 Å². The lowest BCUT2D eigenvalue weighted by molar-refractivity contribution is -0.115. The monoisotopic (exact) mass is 359 g/mol. The summed E-state index contributed by atoms with van der Waals surface area (Å²) >= 11 is 0. The zero-order valence-electron chi connectivity index (χ0n) is 15.5. The van der Waals surface area contributed by atoms with Crippen LogP contribution in [0.3, 0.4) is 0 Å². The number of hydrogen-bond acceptors (Lipinski definition) is 4. The minimum atomic E-state index is -0.979. The fourth-order valence-corrected chi connectivity index (χ4v) is 4.04. The minimum Gasteiger partial charge on any atom is -0.478 e. The molecule has 1 amide bonds. The van der Waals surface area contributed by atoms with Gasteiger partial charge in [-0.15, -0.1) is 0 Å². The van der Waals surface area contributed by atoms with Crippen molar-refractivity contribution < 1.29 is 14.7 Å². The summed E-state index contributed by atoms with van der Waals surface area (Å²) in [6, 6.07) is 5.67. The average Bonchev–Trinajstić information content (AvgIpc) is 2.68. The van der Waals surface area contributed by atoms with Gasteiger partial charge < -0.3 is 20.2 Å². The van der Waals surface area contributed by atoms with Gasteiger partial charge in [-0.05, 0) is 57.0 Å². The Balaban J connectivity index is 1.72. The number of piperidine rings is 2. The topological polar surface area (TPSA) is 72.9 Å². The first-order valence-corrected chi connectivity index (χ1v) is 9.74. The summed E-state index contributed by atoms with van der Waals surface area (Å²) < 4.78 is 0. The summed E-state index contributed by atoms with van der Waals surface area (Å²) in [5, 5.41) is 12.1.